The predicted molar refractivity (Wildman–Crippen MR) is 49.9 cm³/mol. The summed E-state index contributed by atoms with van der Waals surface area (Å²) in [6, 6.07) is 0. The van der Waals surface area contributed by atoms with E-state index in [1.54, 1.807) is 0 Å². The molecule has 0 unspecified atom stereocenters. The van der Waals surface area contributed by atoms with Crippen LogP contribution in [0.1, 0.15) is 20.3 Å². The van der Waals surface area contributed by atoms with Gasteiger partial charge in [0.25, 0.3) is 0 Å². The number of rotatable bonds is 0. The van der Waals surface area contributed by atoms with Crippen LogP contribution in [-0.4, -0.2) is 0 Å². The number of hydrogen-bond acceptors (Lipinski definition) is 0. The van der Waals surface area contributed by atoms with Crippen LogP contribution in [0.5, 0.6) is 0 Å². The Morgan fingerprint density at radius 2 is 1.25 bits per heavy atom. The summed E-state index contributed by atoms with van der Waals surface area (Å²) in [5.74, 6) is 0. The Morgan fingerprint density at radius 3 is 1.33 bits per heavy atom. The molecule has 62 valence electrons. The standard InChI is InChI=1S/2C5H5.CH4.Zr/c2*1-2-4-5-3-1;;/h2*1-3H,4H2;1H4;/q2*-1;;+2. The largest absolute Gasteiger partial charge is 2.00 e. The molecule has 0 fully saturated rings. The average Bonchev–Trinajstić information content (AvgIpc) is 2.67. The first kappa shape index (κ1) is 14.4. The van der Waals surface area contributed by atoms with Crippen molar-refractivity contribution in [3.63, 3.8) is 0 Å². The van der Waals surface area contributed by atoms with Gasteiger partial charge in [0.15, 0.2) is 0 Å². The molecule has 0 N–H and O–H groups in total. The topological polar surface area (TPSA) is 0 Å². The molecule has 2 aliphatic rings. The van der Waals surface area contributed by atoms with Crippen LogP contribution in [0.3, 0.4) is 0 Å². The van der Waals surface area contributed by atoms with Crippen LogP contribution in [-0.2, 0) is 26.2 Å². The van der Waals surface area contributed by atoms with E-state index in [-0.39, 0.29) is 33.6 Å². The fourth-order valence-corrected chi connectivity index (χ4v) is 0.680. The van der Waals surface area contributed by atoms with Crippen molar-refractivity contribution in [1.82, 2.24) is 0 Å². The van der Waals surface area contributed by atoms with Gasteiger partial charge in [-0.25, -0.2) is 24.3 Å². The van der Waals surface area contributed by atoms with Crippen LogP contribution in [0.25, 0.3) is 0 Å². The molecule has 0 aromatic carbocycles. The fraction of sp³-hybridized carbons (Fsp3) is 0.273. The molecule has 0 saturated carbocycles. The molecule has 0 spiro atoms. The first-order valence-corrected chi connectivity index (χ1v) is 3.43. The van der Waals surface area contributed by atoms with Crippen molar-refractivity contribution >= 4 is 0 Å². The number of allylic oxidation sites excluding steroid dienone is 8. The molecular weight excluding hydrogens is 223 g/mol. The summed E-state index contributed by atoms with van der Waals surface area (Å²) in [7, 11) is 0. The maximum absolute atomic E-state index is 2.99. The van der Waals surface area contributed by atoms with Crippen molar-refractivity contribution in [3.8, 4) is 0 Å². The van der Waals surface area contributed by atoms with Crippen molar-refractivity contribution in [3.05, 3.63) is 48.6 Å². The van der Waals surface area contributed by atoms with Gasteiger partial charge in [-0.15, -0.1) is 12.8 Å². The van der Waals surface area contributed by atoms with E-state index in [0.29, 0.717) is 0 Å². The summed E-state index contributed by atoms with van der Waals surface area (Å²) in [6.07, 6.45) is 20.0. The first-order valence-electron chi connectivity index (χ1n) is 3.43. The summed E-state index contributed by atoms with van der Waals surface area (Å²) in [6.45, 7) is 0. The summed E-state index contributed by atoms with van der Waals surface area (Å²) >= 11 is 0. The van der Waals surface area contributed by atoms with Crippen LogP contribution in [0, 0.1) is 12.2 Å². The van der Waals surface area contributed by atoms with E-state index >= 15 is 0 Å². The minimum atomic E-state index is 0. The summed E-state index contributed by atoms with van der Waals surface area (Å²) in [5.41, 5.74) is 0. The van der Waals surface area contributed by atoms with Crippen LogP contribution >= 0.6 is 0 Å². The third-order valence-electron chi connectivity index (χ3n) is 1.17. The molecule has 0 atom stereocenters. The van der Waals surface area contributed by atoms with Gasteiger partial charge >= 0.3 is 26.2 Å². The van der Waals surface area contributed by atoms with Gasteiger partial charge in [-0.05, 0) is 0 Å². The Balaban J connectivity index is 0. The van der Waals surface area contributed by atoms with Gasteiger partial charge in [-0.1, -0.05) is 7.43 Å². The molecule has 0 bridgehead atoms. The Bertz CT molecular complexity index is 143. The third kappa shape index (κ3) is 7.94. The number of hydrogen-bond donors (Lipinski definition) is 0. The monoisotopic (exact) mass is 236 g/mol. The summed E-state index contributed by atoms with van der Waals surface area (Å²) < 4.78 is 0. The Labute approximate surface area is 94.9 Å². The van der Waals surface area contributed by atoms with Crippen LogP contribution in [0.2, 0.25) is 0 Å². The molecule has 0 saturated heterocycles. The SMILES string of the molecule is C.[C-]1=CC=CC1.[C-]1=CC=CC1.[Zr+2]. The van der Waals surface area contributed by atoms with Crippen molar-refractivity contribution in [1.29, 1.82) is 0 Å². The van der Waals surface area contributed by atoms with Gasteiger partial charge in [0, 0.05) is 0 Å². The predicted octanol–water partition coefficient (Wildman–Crippen LogP) is 3.24. The molecule has 12 heavy (non-hydrogen) atoms. The molecule has 0 aliphatic heterocycles. The zero-order valence-corrected chi connectivity index (χ0v) is 8.84. The fourth-order valence-electron chi connectivity index (χ4n) is 0.680. The van der Waals surface area contributed by atoms with Gasteiger partial charge in [0.1, 0.15) is 0 Å². The molecule has 0 amide bonds. The molecule has 1 heteroatoms. The van der Waals surface area contributed by atoms with Gasteiger partial charge in [0.05, 0.1) is 0 Å². The van der Waals surface area contributed by atoms with E-state index in [0.717, 1.165) is 12.8 Å². The molecule has 2 rings (SSSR count). The molecule has 0 aromatic heterocycles. The van der Waals surface area contributed by atoms with E-state index < -0.39 is 0 Å². The quantitative estimate of drug-likeness (QED) is 0.567. The molecule has 0 aromatic rings. The van der Waals surface area contributed by atoms with Crippen LogP contribution in [0.15, 0.2) is 36.5 Å². The molecule has 0 nitrogen and oxygen atoms in total. The van der Waals surface area contributed by atoms with Crippen molar-refractivity contribution in [2.75, 3.05) is 0 Å². The summed E-state index contributed by atoms with van der Waals surface area (Å²) in [5, 5.41) is 0. The van der Waals surface area contributed by atoms with E-state index in [1.807, 2.05) is 24.3 Å². The van der Waals surface area contributed by atoms with Crippen molar-refractivity contribution < 1.29 is 26.2 Å². The van der Waals surface area contributed by atoms with Crippen molar-refractivity contribution in [2.24, 2.45) is 0 Å². The van der Waals surface area contributed by atoms with E-state index in [4.69, 9.17) is 0 Å². The van der Waals surface area contributed by atoms with E-state index in [1.165, 1.54) is 0 Å². The summed E-state index contributed by atoms with van der Waals surface area (Å²) in [4.78, 5) is 0. The van der Waals surface area contributed by atoms with E-state index in [9.17, 15) is 0 Å². The smallest absolute Gasteiger partial charge is 0.273 e. The Kier molecular flexibility index (Phi) is 13.0. The zero-order valence-electron chi connectivity index (χ0n) is 6.38. The van der Waals surface area contributed by atoms with Gasteiger partial charge in [0.2, 0.25) is 0 Å². The first-order chi connectivity index (χ1) is 5.00. The average molecular weight is 237 g/mol. The Hall–Kier alpha value is -0.157. The second kappa shape index (κ2) is 10.8. The van der Waals surface area contributed by atoms with Gasteiger partial charge in [-0.3, -0.25) is 12.2 Å². The molecular formula is C11H14Zr. The second-order valence-corrected chi connectivity index (χ2v) is 2.01. The maximum Gasteiger partial charge on any atom is 2.00 e. The second-order valence-electron chi connectivity index (χ2n) is 2.01. The van der Waals surface area contributed by atoms with Gasteiger partial charge in [-0.2, -0.15) is 12.2 Å². The van der Waals surface area contributed by atoms with E-state index in [2.05, 4.69) is 24.3 Å². The Morgan fingerprint density at radius 1 is 0.833 bits per heavy atom. The van der Waals surface area contributed by atoms with Crippen molar-refractivity contribution in [2.45, 2.75) is 20.3 Å². The van der Waals surface area contributed by atoms with Gasteiger partial charge < -0.3 is 0 Å². The van der Waals surface area contributed by atoms with Crippen LogP contribution in [0.4, 0.5) is 0 Å². The maximum atomic E-state index is 2.99. The minimum Gasteiger partial charge on any atom is -0.273 e. The van der Waals surface area contributed by atoms with Crippen LogP contribution < -0.4 is 0 Å². The normalized spacial score (nSPS) is 14.7. The molecule has 0 heterocycles. The third-order valence-corrected chi connectivity index (χ3v) is 1.17. The molecule has 0 radical (unpaired) electrons. The molecule has 2 aliphatic carbocycles. The zero-order chi connectivity index (χ0) is 7.07. The minimum absolute atomic E-state index is 0.